The van der Waals surface area contributed by atoms with E-state index in [0.29, 0.717) is 0 Å². The molecule has 0 bridgehead atoms. The maximum absolute atomic E-state index is 11.0. The molecule has 3 heteroatoms. The highest BCUT2D eigenvalue weighted by atomic mass is 16.4. The number of aromatic nitrogens is 1. The molecule has 0 aliphatic heterocycles. The summed E-state index contributed by atoms with van der Waals surface area (Å²) in [6, 6.07) is 6.29. The summed E-state index contributed by atoms with van der Waals surface area (Å²) in [6.07, 6.45) is 4.19. The summed E-state index contributed by atoms with van der Waals surface area (Å²) >= 11 is 0. The van der Waals surface area contributed by atoms with Crippen LogP contribution in [-0.4, -0.2) is 16.1 Å². The lowest BCUT2D eigenvalue weighted by Gasteiger charge is -2.10. The molecule has 0 radical (unpaired) electrons. The van der Waals surface area contributed by atoms with Crippen LogP contribution >= 0.6 is 0 Å². The molecule has 0 amide bonds. The summed E-state index contributed by atoms with van der Waals surface area (Å²) in [5.41, 5.74) is 4.14. The number of hydrogen-bond acceptors (Lipinski definition) is 1. The topological polar surface area (TPSA) is 53.1 Å². The van der Waals surface area contributed by atoms with Crippen molar-refractivity contribution in [1.82, 2.24) is 4.98 Å². The Morgan fingerprint density at radius 2 is 2.16 bits per heavy atom. The predicted octanol–water partition coefficient (Wildman–Crippen LogP) is 3.85. The summed E-state index contributed by atoms with van der Waals surface area (Å²) in [6.45, 7) is 6.14. The van der Waals surface area contributed by atoms with E-state index in [9.17, 15) is 4.79 Å². The van der Waals surface area contributed by atoms with Crippen molar-refractivity contribution in [2.75, 3.05) is 0 Å². The van der Waals surface area contributed by atoms with Crippen LogP contribution in [0.1, 0.15) is 31.9 Å². The van der Waals surface area contributed by atoms with E-state index in [2.05, 4.69) is 30.1 Å². The third-order valence-corrected chi connectivity index (χ3v) is 3.37. The summed E-state index contributed by atoms with van der Waals surface area (Å²) in [5.74, 6) is -0.731. The van der Waals surface area contributed by atoms with Gasteiger partial charge in [0, 0.05) is 28.7 Å². The van der Waals surface area contributed by atoms with Crippen LogP contribution in [0.2, 0.25) is 0 Å². The van der Waals surface area contributed by atoms with E-state index >= 15 is 0 Å². The largest absolute Gasteiger partial charge is 0.478 e. The molecule has 0 unspecified atom stereocenters. The SMILES string of the molecule is CCc1ccc2[nH]cc(/C(=C/C(=O)O)C(C)C)c2c1. The van der Waals surface area contributed by atoms with Crippen molar-refractivity contribution in [2.24, 2.45) is 5.92 Å². The van der Waals surface area contributed by atoms with Gasteiger partial charge in [-0.2, -0.15) is 0 Å². The quantitative estimate of drug-likeness (QED) is 0.817. The molecule has 1 aromatic carbocycles. The minimum Gasteiger partial charge on any atom is -0.478 e. The van der Waals surface area contributed by atoms with Crippen molar-refractivity contribution in [3.8, 4) is 0 Å². The van der Waals surface area contributed by atoms with Crippen LogP contribution in [0.3, 0.4) is 0 Å². The van der Waals surface area contributed by atoms with Gasteiger partial charge >= 0.3 is 5.97 Å². The normalized spacial score (nSPS) is 12.3. The second-order valence-electron chi connectivity index (χ2n) is 5.03. The van der Waals surface area contributed by atoms with Crippen molar-refractivity contribution in [3.63, 3.8) is 0 Å². The summed E-state index contributed by atoms with van der Waals surface area (Å²) in [4.78, 5) is 14.2. The van der Waals surface area contributed by atoms with Gasteiger partial charge < -0.3 is 10.1 Å². The van der Waals surface area contributed by atoms with Gasteiger partial charge in [-0.05, 0) is 35.6 Å². The van der Waals surface area contributed by atoms with Crippen molar-refractivity contribution < 1.29 is 9.90 Å². The van der Waals surface area contributed by atoms with Gasteiger partial charge in [0.05, 0.1) is 0 Å². The molecule has 0 saturated heterocycles. The Bertz CT molecular complexity index is 635. The Morgan fingerprint density at radius 3 is 2.74 bits per heavy atom. The van der Waals surface area contributed by atoms with Gasteiger partial charge in [0.2, 0.25) is 0 Å². The third-order valence-electron chi connectivity index (χ3n) is 3.37. The number of H-pyrrole nitrogens is 1. The number of carboxylic acid groups (broad SMARTS) is 1. The molecular formula is C16H19NO2. The number of benzene rings is 1. The summed E-state index contributed by atoms with van der Waals surface area (Å²) < 4.78 is 0. The fourth-order valence-electron chi connectivity index (χ4n) is 2.31. The van der Waals surface area contributed by atoms with E-state index in [-0.39, 0.29) is 5.92 Å². The lowest BCUT2D eigenvalue weighted by molar-refractivity contribution is -0.131. The van der Waals surface area contributed by atoms with Crippen LogP contribution in [0, 0.1) is 5.92 Å². The molecule has 3 nitrogen and oxygen atoms in total. The van der Waals surface area contributed by atoms with E-state index in [1.807, 2.05) is 20.0 Å². The van der Waals surface area contributed by atoms with Crippen LogP contribution in [-0.2, 0) is 11.2 Å². The second kappa shape index (κ2) is 5.31. The standard InChI is InChI=1S/C16H19NO2/c1-4-11-5-6-15-13(7-11)14(9-17-15)12(10(2)3)8-16(18)19/h5-10,17H,4H2,1-3H3,(H,18,19)/b12-8+. The van der Waals surface area contributed by atoms with Crippen LogP contribution in [0.4, 0.5) is 0 Å². The molecule has 100 valence electrons. The molecule has 0 fully saturated rings. The van der Waals surface area contributed by atoms with Gasteiger partial charge in [0.25, 0.3) is 0 Å². The second-order valence-corrected chi connectivity index (χ2v) is 5.03. The van der Waals surface area contributed by atoms with Gasteiger partial charge in [-0.25, -0.2) is 4.79 Å². The number of fused-ring (bicyclic) bond motifs is 1. The number of allylic oxidation sites excluding steroid dienone is 1. The van der Waals surface area contributed by atoms with Crippen LogP contribution in [0.5, 0.6) is 0 Å². The molecule has 1 heterocycles. The fraction of sp³-hybridized carbons (Fsp3) is 0.312. The first kappa shape index (κ1) is 13.4. The lowest BCUT2D eigenvalue weighted by atomic mass is 9.94. The first-order valence-electron chi connectivity index (χ1n) is 6.57. The smallest absolute Gasteiger partial charge is 0.328 e. The van der Waals surface area contributed by atoms with E-state index in [1.165, 1.54) is 11.6 Å². The molecule has 0 aliphatic rings. The van der Waals surface area contributed by atoms with Gasteiger partial charge in [-0.1, -0.05) is 26.8 Å². The fourth-order valence-corrected chi connectivity index (χ4v) is 2.31. The maximum Gasteiger partial charge on any atom is 0.328 e. The molecule has 2 N–H and O–H groups in total. The molecule has 0 atom stereocenters. The third kappa shape index (κ3) is 2.70. The minimum atomic E-state index is -0.898. The Balaban J connectivity index is 2.63. The first-order chi connectivity index (χ1) is 9.02. The number of nitrogens with one attached hydrogen (secondary N) is 1. The van der Waals surface area contributed by atoms with E-state index < -0.39 is 5.97 Å². The average Bonchev–Trinajstić information content (AvgIpc) is 2.77. The van der Waals surface area contributed by atoms with Gasteiger partial charge in [-0.15, -0.1) is 0 Å². The Hall–Kier alpha value is -2.03. The highest BCUT2D eigenvalue weighted by molar-refractivity contribution is 5.98. The predicted molar refractivity (Wildman–Crippen MR) is 78.1 cm³/mol. The number of hydrogen-bond donors (Lipinski definition) is 2. The molecule has 1 aromatic heterocycles. The van der Waals surface area contributed by atoms with Crippen molar-refractivity contribution in [1.29, 1.82) is 0 Å². The highest BCUT2D eigenvalue weighted by Gasteiger charge is 2.13. The van der Waals surface area contributed by atoms with Gasteiger partial charge in [0.1, 0.15) is 0 Å². The summed E-state index contributed by atoms with van der Waals surface area (Å²) in [7, 11) is 0. The zero-order valence-corrected chi connectivity index (χ0v) is 11.5. The Labute approximate surface area is 113 Å². The molecule has 19 heavy (non-hydrogen) atoms. The number of aliphatic carboxylic acids is 1. The zero-order valence-electron chi connectivity index (χ0n) is 11.5. The molecule has 2 aromatic rings. The van der Waals surface area contributed by atoms with E-state index in [1.54, 1.807) is 0 Å². The van der Waals surface area contributed by atoms with Gasteiger partial charge in [0.15, 0.2) is 0 Å². The molecule has 0 saturated carbocycles. The molecule has 2 rings (SSSR count). The number of aromatic amines is 1. The minimum absolute atomic E-state index is 0.167. The van der Waals surface area contributed by atoms with Crippen LogP contribution in [0.25, 0.3) is 16.5 Å². The number of rotatable bonds is 4. The van der Waals surface area contributed by atoms with Crippen molar-refractivity contribution in [3.05, 3.63) is 41.6 Å². The number of carbonyl (C=O) groups is 1. The summed E-state index contributed by atoms with van der Waals surface area (Å²) in [5, 5.41) is 10.1. The van der Waals surface area contributed by atoms with Crippen LogP contribution < -0.4 is 0 Å². The molecular weight excluding hydrogens is 238 g/mol. The van der Waals surface area contributed by atoms with E-state index in [0.717, 1.165) is 28.5 Å². The van der Waals surface area contributed by atoms with Crippen molar-refractivity contribution >= 4 is 22.4 Å². The molecule has 0 spiro atoms. The van der Waals surface area contributed by atoms with Crippen LogP contribution in [0.15, 0.2) is 30.5 Å². The lowest BCUT2D eigenvalue weighted by Crippen LogP contribution is -1.98. The zero-order chi connectivity index (χ0) is 14.0. The molecule has 0 aliphatic carbocycles. The average molecular weight is 257 g/mol. The number of carboxylic acids is 1. The monoisotopic (exact) mass is 257 g/mol. The number of aryl methyl sites for hydroxylation is 1. The van der Waals surface area contributed by atoms with Crippen molar-refractivity contribution in [2.45, 2.75) is 27.2 Å². The first-order valence-corrected chi connectivity index (χ1v) is 6.57. The highest BCUT2D eigenvalue weighted by Crippen LogP contribution is 2.30. The Morgan fingerprint density at radius 1 is 1.42 bits per heavy atom. The maximum atomic E-state index is 11.0. The Kier molecular flexibility index (Phi) is 3.74. The van der Waals surface area contributed by atoms with E-state index in [4.69, 9.17) is 5.11 Å². The van der Waals surface area contributed by atoms with Gasteiger partial charge in [-0.3, -0.25) is 0 Å².